The van der Waals surface area contributed by atoms with Crippen molar-refractivity contribution in [2.24, 2.45) is 11.1 Å². The van der Waals surface area contributed by atoms with E-state index in [1.54, 1.807) is 26.0 Å². The largest absolute Gasteiger partial charge is 0.494 e. The summed E-state index contributed by atoms with van der Waals surface area (Å²) in [6.45, 7) is 6.51. The van der Waals surface area contributed by atoms with E-state index in [2.05, 4.69) is 5.32 Å². The molecule has 5 N–H and O–H groups in total. The Bertz CT molecular complexity index is 430. The van der Waals surface area contributed by atoms with Gasteiger partial charge in [0.25, 0.3) is 0 Å². The van der Waals surface area contributed by atoms with E-state index in [1.165, 1.54) is 0 Å². The van der Waals surface area contributed by atoms with Crippen molar-refractivity contribution in [3.05, 3.63) is 18.2 Å². The number of hydrogen-bond acceptors (Lipinski definition) is 4. The number of hydrogen-bond donors (Lipinski definition) is 3. The molecule has 1 rings (SSSR count). The van der Waals surface area contributed by atoms with Crippen molar-refractivity contribution >= 4 is 17.3 Å². The van der Waals surface area contributed by atoms with E-state index in [-0.39, 0.29) is 5.91 Å². The van der Waals surface area contributed by atoms with Crippen LogP contribution in [-0.4, -0.2) is 19.1 Å². The van der Waals surface area contributed by atoms with Crippen molar-refractivity contribution in [3.63, 3.8) is 0 Å². The lowest BCUT2D eigenvalue weighted by molar-refractivity contribution is -0.125. The molecule has 0 saturated carbocycles. The van der Waals surface area contributed by atoms with E-state index in [4.69, 9.17) is 16.2 Å². The molecule has 5 nitrogen and oxygen atoms in total. The Hall–Kier alpha value is -1.91. The fraction of sp³-hybridized carbons (Fsp3) is 0.462. The highest BCUT2D eigenvalue weighted by Gasteiger charge is 2.24. The SMILES string of the molecule is CCOc1cc(N)cc(NCC(C)(C)C(N)=O)c1. The standard InChI is InChI=1S/C13H21N3O2/c1-4-18-11-6-9(14)5-10(7-11)16-8-13(2,3)12(15)17/h5-7,16H,4,8,14H2,1-3H3,(H2,15,17). The van der Waals surface area contributed by atoms with Crippen LogP contribution in [0.2, 0.25) is 0 Å². The second kappa shape index (κ2) is 5.62. The van der Waals surface area contributed by atoms with Gasteiger partial charge >= 0.3 is 0 Å². The summed E-state index contributed by atoms with van der Waals surface area (Å²) in [7, 11) is 0. The molecule has 0 heterocycles. The topological polar surface area (TPSA) is 90.4 Å². The van der Waals surface area contributed by atoms with Crippen LogP contribution >= 0.6 is 0 Å². The summed E-state index contributed by atoms with van der Waals surface area (Å²) in [6.07, 6.45) is 0. The van der Waals surface area contributed by atoms with Crippen LogP contribution in [0.3, 0.4) is 0 Å². The Morgan fingerprint density at radius 3 is 2.61 bits per heavy atom. The Balaban J connectivity index is 2.76. The van der Waals surface area contributed by atoms with Gasteiger partial charge in [0, 0.05) is 30.1 Å². The first-order valence-corrected chi connectivity index (χ1v) is 5.92. The van der Waals surface area contributed by atoms with Crippen LogP contribution in [0, 0.1) is 5.41 Å². The van der Waals surface area contributed by atoms with Crippen molar-refractivity contribution in [3.8, 4) is 5.75 Å². The Kier molecular flexibility index (Phi) is 4.42. The molecular weight excluding hydrogens is 230 g/mol. The number of rotatable bonds is 6. The lowest BCUT2D eigenvalue weighted by atomic mass is 9.92. The van der Waals surface area contributed by atoms with Crippen LogP contribution in [0.5, 0.6) is 5.75 Å². The maximum Gasteiger partial charge on any atom is 0.224 e. The van der Waals surface area contributed by atoms with Gasteiger partial charge in [-0.3, -0.25) is 4.79 Å². The van der Waals surface area contributed by atoms with Crippen LogP contribution in [0.4, 0.5) is 11.4 Å². The van der Waals surface area contributed by atoms with E-state index >= 15 is 0 Å². The lowest BCUT2D eigenvalue weighted by Crippen LogP contribution is -2.37. The zero-order valence-corrected chi connectivity index (χ0v) is 11.1. The van der Waals surface area contributed by atoms with Gasteiger partial charge in [-0.15, -0.1) is 0 Å². The summed E-state index contributed by atoms with van der Waals surface area (Å²) in [5.41, 5.74) is 11.9. The maximum absolute atomic E-state index is 11.2. The van der Waals surface area contributed by atoms with Crippen molar-refractivity contribution in [2.45, 2.75) is 20.8 Å². The third-order valence-corrected chi connectivity index (χ3v) is 2.64. The average molecular weight is 251 g/mol. The van der Waals surface area contributed by atoms with Crippen LogP contribution < -0.4 is 21.5 Å². The van der Waals surface area contributed by atoms with Crippen molar-refractivity contribution in [2.75, 3.05) is 24.2 Å². The highest BCUT2D eigenvalue weighted by Crippen LogP contribution is 2.24. The van der Waals surface area contributed by atoms with Crippen LogP contribution in [-0.2, 0) is 4.79 Å². The van der Waals surface area contributed by atoms with Crippen molar-refractivity contribution in [1.82, 2.24) is 0 Å². The molecule has 1 amide bonds. The minimum atomic E-state index is -0.615. The summed E-state index contributed by atoms with van der Waals surface area (Å²) < 4.78 is 5.40. The first-order valence-electron chi connectivity index (χ1n) is 5.92. The van der Waals surface area contributed by atoms with E-state index < -0.39 is 5.41 Å². The molecule has 0 saturated heterocycles. The smallest absolute Gasteiger partial charge is 0.224 e. The predicted octanol–water partition coefficient (Wildman–Crippen LogP) is 1.59. The van der Waals surface area contributed by atoms with E-state index in [9.17, 15) is 4.79 Å². The summed E-state index contributed by atoms with van der Waals surface area (Å²) >= 11 is 0. The summed E-state index contributed by atoms with van der Waals surface area (Å²) in [5, 5.41) is 3.15. The van der Waals surface area contributed by atoms with Gasteiger partial charge in [-0.05, 0) is 26.8 Å². The van der Waals surface area contributed by atoms with E-state index in [0.29, 0.717) is 24.6 Å². The molecule has 0 unspecified atom stereocenters. The van der Waals surface area contributed by atoms with Gasteiger partial charge in [-0.2, -0.15) is 0 Å². The quantitative estimate of drug-likeness (QED) is 0.670. The molecule has 100 valence electrons. The number of primary amides is 1. The van der Waals surface area contributed by atoms with E-state index in [0.717, 1.165) is 5.69 Å². The average Bonchev–Trinajstić information content (AvgIpc) is 2.26. The monoisotopic (exact) mass is 251 g/mol. The Labute approximate surface area is 107 Å². The fourth-order valence-corrected chi connectivity index (χ4v) is 1.38. The molecule has 0 bridgehead atoms. The second-order valence-corrected chi connectivity index (χ2v) is 4.83. The van der Waals surface area contributed by atoms with E-state index in [1.807, 2.05) is 13.0 Å². The molecule has 0 aliphatic carbocycles. The summed E-state index contributed by atoms with van der Waals surface area (Å²) in [4.78, 5) is 11.2. The Morgan fingerprint density at radius 2 is 2.06 bits per heavy atom. The number of carbonyl (C=O) groups excluding carboxylic acids is 1. The summed E-state index contributed by atoms with van der Waals surface area (Å²) in [6, 6.07) is 5.39. The molecule has 0 radical (unpaired) electrons. The molecule has 0 aromatic heterocycles. The van der Waals surface area contributed by atoms with Gasteiger partial charge in [-0.1, -0.05) is 0 Å². The van der Waals surface area contributed by atoms with Gasteiger partial charge in [-0.25, -0.2) is 0 Å². The zero-order valence-electron chi connectivity index (χ0n) is 11.1. The van der Waals surface area contributed by atoms with Gasteiger partial charge in [0.1, 0.15) is 5.75 Å². The van der Waals surface area contributed by atoms with Crippen molar-refractivity contribution in [1.29, 1.82) is 0 Å². The number of amides is 1. The van der Waals surface area contributed by atoms with Gasteiger partial charge < -0.3 is 21.5 Å². The third-order valence-electron chi connectivity index (χ3n) is 2.64. The zero-order chi connectivity index (χ0) is 13.8. The second-order valence-electron chi connectivity index (χ2n) is 4.83. The first kappa shape index (κ1) is 14.2. The highest BCUT2D eigenvalue weighted by atomic mass is 16.5. The number of nitrogens with one attached hydrogen (secondary N) is 1. The number of anilines is 2. The van der Waals surface area contributed by atoms with Crippen LogP contribution in [0.15, 0.2) is 18.2 Å². The molecule has 18 heavy (non-hydrogen) atoms. The van der Waals surface area contributed by atoms with Crippen LogP contribution in [0.1, 0.15) is 20.8 Å². The fourth-order valence-electron chi connectivity index (χ4n) is 1.38. The van der Waals surface area contributed by atoms with Gasteiger partial charge in [0.15, 0.2) is 0 Å². The molecular formula is C13H21N3O2. The molecule has 1 aromatic rings. The lowest BCUT2D eigenvalue weighted by Gasteiger charge is -2.21. The van der Waals surface area contributed by atoms with Crippen LogP contribution in [0.25, 0.3) is 0 Å². The highest BCUT2D eigenvalue weighted by molar-refractivity contribution is 5.80. The first-order chi connectivity index (χ1) is 8.35. The normalized spacial score (nSPS) is 11.1. The third kappa shape index (κ3) is 3.84. The molecule has 1 aromatic carbocycles. The molecule has 0 atom stereocenters. The molecule has 0 aliphatic rings. The minimum absolute atomic E-state index is 0.344. The summed E-state index contributed by atoms with van der Waals surface area (Å²) in [5.74, 6) is 0.362. The number of ether oxygens (including phenoxy) is 1. The molecule has 0 fully saturated rings. The Morgan fingerprint density at radius 1 is 1.39 bits per heavy atom. The van der Waals surface area contributed by atoms with Gasteiger partial charge in [0.05, 0.1) is 12.0 Å². The molecule has 0 aliphatic heterocycles. The minimum Gasteiger partial charge on any atom is -0.494 e. The maximum atomic E-state index is 11.2. The number of nitrogen functional groups attached to an aromatic ring is 1. The predicted molar refractivity (Wildman–Crippen MR) is 73.5 cm³/mol. The number of carbonyl (C=O) groups is 1. The van der Waals surface area contributed by atoms with Gasteiger partial charge in [0.2, 0.25) is 5.91 Å². The number of benzene rings is 1. The number of nitrogens with two attached hydrogens (primary N) is 2. The van der Waals surface area contributed by atoms with Crippen molar-refractivity contribution < 1.29 is 9.53 Å². The molecule has 0 spiro atoms. The molecule has 5 heteroatoms.